The third-order valence-electron chi connectivity index (χ3n) is 5.29. The van der Waals surface area contributed by atoms with Crippen LogP contribution in [0.3, 0.4) is 0 Å². The minimum Gasteiger partial charge on any atom is -0.352 e. The normalized spacial score (nSPS) is 12.9. The Bertz CT molecular complexity index is 797. The largest absolute Gasteiger partial charge is 0.352 e. The van der Waals surface area contributed by atoms with Crippen LogP contribution < -0.4 is 5.32 Å². The molecule has 0 aromatic heterocycles. The monoisotopic (exact) mass is 394 g/mol. The summed E-state index contributed by atoms with van der Waals surface area (Å²) in [7, 11) is 0. The molecule has 2 rings (SSSR count). The van der Waals surface area contributed by atoms with Crippen molar-refractivity contribution in [2.24, 2.45) is 0 Å². The van der Waals surface area contributed by atoms with Gasteiger partial charge in [-0.2, -0.15) is 0 Å². The zero-order chi connectivity index (χ0) is 21.4. The minimum absolute atomic E-state index is 0.0160. The van der Waals surface area contributed by atoms with Gasteiger partial charge in [0.15, 0.2) is 0 Å². The van der Waals surface area contributed by atoms with Crippen LogP contribution in [-0.2, 0) is 22.4 Å². The molecule has 0 bridgehead atoms. The molecule has 0 fully saturated rings. The van der Waals surface area contributed by atoms with Crippen LogP contribution >= 0.6 is 0 Å². The molecule has 156 valence electrons. The summed E-state index contributed by atoms with van der Waals surface area (Å²) >= 11 is 0. The molecule has 2 aromatic rings. The second kappa shape index (κ2) is 10.8. The Morgan fingerprint density at radius 3 is 2.17 bits per heavy atom. The Balaban J connectivity index is 2.17. The molecule has 0 radical (unpaired) electrons. The van der Waals surface area contributed by atoms with E-state index in [1.165, 1.54) is 0 Å². The van der Waals surface area contributed by atoms with Crippen LogP contribution in [0.5, 0.6) is 0 Å². The van der Waals surface area contributed by atoms with Gasteiger partial charge >= 0.3 is 0 Å². The van der Waals surface area contributed by atoms with Gasteiger partial charge in [0.1, 0.15) is 6.04 Å². The summed E-state index contributed by atoms with van der Waals surface area (Å²) in [5.41, 5.74) is 4.44. The lowest BCUT2D eigenvalue weighted by Crippen LogP contribution is -2.50. The molecule has 0 saturated carbocycles. The molecule has 4 heteroatoms. The van der Waals surface area contributed by atoms with Crippen LogP contribution in [0.2, 0.25) is 0 Å². The predicted molar refractivity (Wildman–Crippen MR) is 119 cm³/mol. The zero-order valence-corrected chi connectivity index (χ0v) is 18.4. The van der Waals surface area contributed by atoms with E-state index in [0.717, 1.165) is 35.1 Å². The van der Waals surface area contributed by atoms with E-state index in [9.17, 15) is 9.59 Å². The fraction of sp³-hybridized carbons (Fsp3) is 0.440. The number of rotatable bonds is 9. The Kier molecular flexibility index (Phi) is 8.44. The van der Waals surface area contributed by atoms with E-state index in [2.05, 4.69) is 23.5 Å². The van der Waals surface area contributed by atoms with E-state index in [1.807, 2.05) is 65.0 Å². The first-order chi connectivity index (χ1) is 13.8. The van der Waals surface area contributed by atoms with E-state index in [0.29, 0.717) is 13.0 Å². The van der Waals surface area contributed by atoms with E-state index in [-0.39, 0.29) is 17.9 Å². The molecule has 0 heterocycles. The predicted octanol–water partition coefficient (Wildman–Crippen LogP) is 4.22. The first-order valence-electron chi connectivity index (χ1n) is 10.5. The Labute approximate surface area is 175 Å². The molecule has 0 aliphatic heterocycles. The fourth-order valence-electron chi connectivity index (χ4n) is 3.48. The molecule has 2 aromatic carbocycles. The van der Waals surface area contributed by atoms with Crippen molar-refractivity contribution in [2.45, 2.75) is 66.0 Å². The number of hydrogen-bond acceptors (Lipinski definition) is 2. The first-order valence-corrected chi connectivity index (χ1v) is 10.5. The third kappa shape index (κ3) is 7.04. The maximum atomic E-state index is 13.2. The van der Waals surface area contributed by atoms with Crippen molar-refractivity contribution in [1.29, 1.82) is 0 Å². The number of amides is 2. The van der Waals surface area contributed by atoms with Gasteiger partial charge in [-0.15, -0.1) is 0 Å². The number of hydrogen-bond donors (Lipinski definition) is 1. The van der Waals surface area contributed by atoms with Gasteiger partial charge in [0.2, 0.25) is 11.8 Å². The lowest BCUT2D eigenvalue weighted by molar-refractivity contribution is -0.139. The van der Waals surface area contributed by atoms with Crippen LogP contribution in [0, 0.1) is 13.8 Å². The van der Waals surface area contributed by atoms with Crippen molar-refractivity contribution in [3.63, 3.8) is 0 Å². The standard InChI is InChI=1S/C25H34N2O2/c1-6-20(4)26-25(29)21(5)27(13-12-22-10-8-7-9-11-22)24(28)17-23-15-18(2)14-19(3)16-23/h7-11,14-16,20-21H,6,12-13,17H2,1-5H3,(H,26,29)/t20-,21-/m0/s1. The summed E-state index contributed by atoms with van der Waals surface area (Å²) < 4.78 is 0. The quantitative estimate of drug-likeness (QED) is 0.692. The number of aryl methyl sites for hydroxylation is 2. The highest BCUT2D eigenvalue weighted by Gasteiger charge is 2.26. The highest BCUT2D eigenvalue weighted by atomic mass is 16.2. The molecule has 2 amide bonds. The summed E-state index contributed by atoms with van der Waals surface area (Å²) in [5.74, 6) is -0.112. The number of nitrogens with zero attached hydrogens (tertiary/aromatic N) is 1. The van der Waals surface area contributed by atoms with Gasteiger partial charge in [0, 0.05) is 12.6 Å². The van der Waals surface area contributed by atoms with Crippen LogP contribution in [0.4, 0.5) is 0 Å². The molecule has 0 saturated heterocycles. The summed E-state index contributed by atoms with van der Waals surface area (Å²) in [5, 5.41) is 3.01. The van der Waals surface area contributed by atoms with Crippen molar-refractivity contribution in [2.75, 3.05) is 6.54 Å². The van der Waals surface area contributed by atoms with Gasteiger partial charge in [-0.05, 0) is 51.7 Å². The Morgan fingerprint density at radius 2 is 1.59 bits per heavy atom. The van der Waals surface area contributed by atoms with Crippen LogP contribution in [-0.4, -0.2) is 35.3 Å². The molecule has 0 spiro atoms. The Hall–Kier alpha value is -2.62. The maximum Gasteiger partial charge on any atom is 0.242 e. The molecule has 0 aliphatic carbocycles. The average Bonchev–Trinajstić information content (AvgIpc) is 2.67. The van der Waals surface area contributed by atoms with Gasteiger partial charge in [-0.25, -0.2) is 0 Å². The second-order valence-corrected chi connectivity index (χ2v) is 7.99. The van der Waals surface area contributed by atoms with Crippen molar-refractivity contribution in [1.82, 2.24) is 10.2 Å². The van der Waals surface area contributed by atoms with Crippen molar-refractivity contribution in [3.8, 4) is 0 Å². The highest BCUT2D eigenvalue weighted by Crippen LogP contribution is 2.13. The van der Waals surface area contributed by atoms with E-state index >= 15 is 0 Å². The molecule has 1 N–H and O–H groups in total. The van der Waals surface area contributed by atoms with E-state index < -0.39 is 6.04 Å². The molecule has 4 nitrogen and oxygen atoms in total. The van der Waals surface area contributed by atoms with Crippen LogP contribution in [0.25, 0.3) is 0 Å². The van der Waals surface area contributed by atoms with E-state index in [1.54, 1.807) is 4.90 Å². The summed E-state index contributed by atoms with van der Waals surface area (Å²) in [6.07, 6.45) is 1.89. The van der Waals surface area contributed by atoms with Crippen LogP contribution in [0.15, 0.2) is 48.5 Å². The SMILES string of the molecule is CC[C@H](C)NC(=O)[C@H](C)N(CCc1ccccc1)C(=O)Cc1cc(C)cc(C)c1. The first kappa shape index (κ1) is 22.7. The lowest BCUT2D eigenvalue weighted by atomic mass is 10.0. The van der Waals surface area contributed by atoms with Gasteiger partial charge in [0.25, 0.3) is 0 Å². The van der Waals surface area contributed by atoms with Crippen LogP contribution in [0.1, 0.15) is 49.4 Å². The second-order valence-electron chi connectivity index (χ2n) is 7.99. The van der Waals surface area contributed by atoms with Gasteiger partial charge in [-0.1, -0.05) is 66.6 Å². The van der Waals surface area contributed by atoms with E-state index in [4.69, 9.17) is 0 Å². The van der Waals surface area contributed by atoms with Gasteiger partial charge < -0.3 is 10.2 Å². The molecule has 0 aliphatic rings. The lowest BCUT2D eigenvalue weighted by Gasteiger charge is -2.30. The van der Waals surface area contributed by atoms with Gasteiger partial charge in [0.05, 0.1) is 6.42 Å². The average molecular weight is 395 g/mol. The minimum atomic E-state index is -0.508. The fourth-order valence-corrected chi connectivity index (χ4v) is 3.48. The topological polar surface area (TPSA) is 49.4 Å². The highest BCUT2D eigenvalue weighted by molar-refractivity contribution is 5.88. The summed E-state index contributed by atoms with van der Waals surface area (Å²) in [4.78, 5) is 27.7. The molecule has 2 atom stereocenters. The zero-order valence-electron chi connectivity index (χ0n) is 18.4. The molecular weight excluding hydrogens is 360 g/mol. The van der Waals surface area contributed by atoms with Crippen molar-refractivity contribution in [3.05, 3.63) is 70.8 Å². The third-order valence-corrected chi connectivity index (χ3v) is 5.29. The number of carbonyl (C=O) groups excluding carboxylic acids is 2. The maximum absolute atomic E-state index is 13.2. The van der Waals surface area contributed by atoms with Crippen molar-refractivity contribution < 1.29 is 9.59 Å². The van der Waals surface area contributed by atoms with Crippen molar-refractivity contribution >= 4 is 11.8 Å². The number of benzene rings is 2. The molecular formula is C25H34N2O2. The number of nitrogens with one attached hydrogen (secondary N) is 1. The van der Waals surface area contributed by atoms with Gasteiger partial charge in [-0.3, -0.25) is 9.59 Å². The number of carbonyl (C=O) groups is 2. The smallest absolute Gasteiger partial charge is 0.242 e. The Morgan fingerprint density at radius 1 is 0.966 bits per heavy atom. The molecule has 0 unspecified atom stereocenters. The molecule has 29 heavy (non-hydrogen) atoms. The summed E-state index contributed by atoms with van der Waals surface area (Å²) in [6, 6.07) is 15.9. The summed E-state index contributed by atoms with van der Waals surface area (Å²) in [6.45, 7) is 10.4.